The third kappa shape index (κ3) is 3.61. The Hall–Kier alpha value is -3.35. The van der Waals surface area contributed by atoms with Crippen LogP contribution in [0.5, 0.6) is 5.75 Å². The highest BCUT2D eigenvalue weighted by Crippen LogP contribution is 2.41. The average Bonchev–Trinajstić information content (AvgIpc) is 3.05. The van der Waals surface area contributed by atoms with Crippen molar-refractivity contribution in [3.63, 3.8) is 0 Å². The van der Waals surface area contributed by atoms with Crippen molar-refractivity contribution in [1.82, 2.24) is 15.1 Å². The van der Waals surface area contributed by atoms with Gasteiger partial charge in [-0.25, -0.2) is 4.79 Å². The first-order valence-electron chi connectivity index (χ1n) is 11.2. The lowest BCUT2D eigenvalue weighted by Crippen LogP contribution is -2.49. The van der Waals surface area contributed by atoms with Crippen molar-refractivity contribution in [1.29, 1.82) is 0 Å². The number of nitrogens with one attached hydrogen (secondary N) is 1. The summed E-state index contributed by atoms with van der Waals surface area (Å²) in [4.78, 5) is 41.9. The number of urea groups is 1. The lowest BCUT2D eigenvalue weighted by molar-refractivity contribution is -0.140. The summed E-state index contributed by atoms with van der Waals surface area (Å²) in [7, 11) is 0. The van der Waals surface area contributed by atoms with E-state index < -0.39 is 11.6 Å². The normalized spacial score (nSPS) is 23.1. The van der Waals surface area contributed by atoms with Gasteiger partial charge in [-0.05, 0) is 36.8 Å². The van der Waals surface area contributed by atoms with E-state index in [0.29, 0.717) is 43.3 Å². The van der Waals surface area contributed by atoms with Gasteiger partial charge < -0.3 is 15.0 Å². The summed E-state index contributed by atoms with van der Waals surface area (Å²) < 4.78 is 5.66. The number of benzene rings is 2. The molecule has 0 unspecified atom stereocenters. The van der Waals surface area contributed by atoms with E-state index in [1.54, 1.807) is 17.0 Å². The van der Waals surface area contributed by atoms with Crippen molar-refractivity contribution in [2.75, 3.05) is 26.2 Å². The molecule has 2 fully saturated rings. The Morgan fingerprint density at radius 2 is 1.75 bits per heavy atom. The summed E-state index contributed by atoms with van der Waals surface area (Å²) in [6.07, 6.45) is 3.22. The number of fused-ring (bicyclic) bond motifs is 2. The maximum atomic E-state index is 13.3. The molecule has 3 aliphatic heterocycles. The van der Waals surface area contributed by atoms with Gasteiger partial charge in [0.05, 0.1) is 6.61 Å². The molecule has 3 heterocycles. The molecule has 2 saturated heterocycles. The number of hydrogen-bond donors (Lipinski definition) is 1. The van der Waals surface area contributed by atoms with Crippen molar-refractivity contribution in [2.45, 2.75) is 31.2 Å². The fourth-order valence-corrected chi connectivity index (χ4v) is 5.08. The van der Waals surface area contributed by atoms with Crippen LogP contribution in [0.4, 0.5) is 4.79 Å². The number of piperidine rings is 1. The highest BCUT2D eigenvalue weighted by Gasteiger charge is 2.55. The van der Waals surface area contributed by atoms with Crippen molar-refractivity contribution in [3.05, 3.63) is 65.7 Å². The van der Waals surface area contributed by atoms with Gasteiger partial charge in [-0.1, -0.05) is 48.5 Å². The van der Waals surface area contributed by atoms with Gasteiger partial charge in [-0.3, -0.25) is 14.5 Å². The van der Waals surface area contributed by atoms with E-state index in [2.05, 4.69) is 29.6 Å². The molecule has 0 saturated carbocycles. The third-order valence-corrected chi connectivity index (χ3v) is 6.89. The molecule has 1 N–H and O–H groups in total. The zero-order chi connectivity index (χ0) is 22.1. The second-order valence-electron chi connectivity index (χ2n) is 8.84. The van der Waals surface area contributed by atoms with E-state index in [-0.39, 0.29) is 18.4 Å². The van der Waals surface area contributed by atoms with Crippen LogP contribution in [-0.4, -0.2) is 53.9 Å². The lowest BCUT2D eigenvalue weighted by Gasteiger charge is -2.34. The van der Waals surface area contributed by atoms with E-state index in [1.807, 2.05) is 18.2 Å². The first-order valence-corrected chi connectivity index (χ1v) is 11.2. The molecular formula is C25H27N3O4. The highest BCUT2D eigenvalue weighted by atomic mass is 16.5. The van der Waals surface area contributed by atoms with Crippen molar-refractivity contribution in [3.8, 4) is 5.75 Å². The molecule has 4 amide bonds. The topological polar surface area (TPSA) is 79.0 Å². The predicted octanol–water partition coefficient (Wildman–Crippen LogP) is 2.70. The second-order valence-corrected chi connectivity index (χ2v) is 8.84. The largest absolute Gasteiger partial charge is 0.493 e. The highest BCUT2D eigenvalue weighted by molar-refractivity contribution is 6.09. The number of nitrogens with zero attached hydrogens (tertiary/aromatic N) is 2. The van der Waals surface area contributed by atoms with Crippen LogP contribution < -0.4 is 10.1 Å². The predicted molar refractivity (Wildman–Crippen MR) is 118 cm³/mol. The molecule has 32 heavy (non-hydrogen) atoms. The Morgan fingerprint density at radius 3 is 2.53 bits per heavy atom. The minimum atomic E-state index is -1.14. The number of carbonyl (C=O) groups excluding carboxylic acids is 3. The molecule has 166 valence electrons. The van der Waals surface area contributed by atoms with E-state index in [1.165, 1.54) is 5.56 Å². The number of amides is 4. The Labute approximate surface area is 187 Å². The minimum Gasteiger partial charge on any atom is -0.493 e. The molecular weight excluding hydrogens is 406 g/mol. The van der Waals surface area contributed by atoms with Gasteiger partial charge in [0.25, 0.3) is 5.91 Å². The van der Waals surface area contributed by atoms with Gasteiger partial charge in [-0.2, -0.15) is 0 Å². The van der Waals surface area contributed by atoms with Crippen LogP contribution in [-0.2, 0) is 21.5 Å². The number of likely N-dealkylation sites (tertiary alicyclic amines) is 1. The third-order valence-electron chi connectivity index (χ3n) is 6.89. The molecule has 2 aromatic rings. The van der Waals surface area contributed by atoms with Crippen LogP contribution in [0.25, 0.3) is 0 Å². The maximum Gasteiger partial charge on any atom is 0.325 e. The quantitative estimate of drug-likeness (QED) is 0.752. The lowest BCUT2D eigenvalue weighted by atomic mass is 9.84. The first-order chi connectivity index (χ1) is 15.6. The van der Waals surface area contributed by atoms with Crippen molar-refractivity contribution in [2.24, 2.45) is 5.92 Å². The molecule has 2 aromatic carbocycles. The van der Waals surface area contributed by atoms with Crippen LogP contribution >= 0.6 is 0 Å². The fourth-order valence-electron chi connectivity index (χ4n) is 5.08. The van der Waals surface area contributed by atoms with Crippen molar-refractivity contribution < 1.29 is 19.1 Å². The Kier molecular flexibility index (Phi) is 5.33. The molecule has 0 radical (unpaired) electrons. The number of rotatable bonds is 4. The molecule has 7 heteroatoms. The summed E-state index contributed by atoms with van der Waals surface area (Å²) in [6.45, 7) is 1.42. The summed E-state index contributed by atoms with van der Waals surface area (Å²) in [5.41, 5.74) is 0.828. The molecule has 0 aliphatic carbocycles. The SMILES string of the molecule is O=C(CN1C(=O)N[C@@]2(CCOc3ccccc32)C1=O)N1CCC(Cc2ccccc2)CC1. The van der Waals surface area contributed by atoms with Gasteiger partial charge in [0, 0.05) is 25.1 Å². The number of hydrogen-bond acceptors (Lipinski definition) is 4. The van der Waals surface area contributed by atoms with Crippen molar-refractivity contribution >= 4 is 17.8 Å². The molecule has 1 atom stereocenters. The van der Waals surface area contributed by atoms with Gasteiger partial charge in [-0.15, -0.1) is 0 Å². The van der Waals surface area contributed by atoms with Gasteiger partial charge in [0.1, 0.15) is 12.3 Å². The Morgan fingerprint density at radius 1 is 1.03 bits per heavy atom. The van der Waals surface area contributed by atoms with Crippen LogP contribution in [0.1, 0.15) is 30.4 Å². The molecule has 5 rings (SSSR count). The zero-order valence-corrected chi connectivity index (χ0v) is 18.0. The van der Waals surface area contributed by atoms with E-state index >= 15 is 0 Å². The minimum absolute atomic E-state index is 0.177. The van der Waals surface area contributed by atoms with E-state index in [9.17, 15) is 14.4 Å². The summed E-state index contributed by atoms with van der Waals surface area (Å²) in [5, 5.41) is 2.85. The first kappa shape index (κ1) is 20.5. The molecule has 3 aliphatic rings. The van der Waals surface area contributed by atoms with Gasteiger partial charge in [0.15, 0.2) is 5.54 Å². The van der Waals surface area contributed by atoms with Crippen LogP contribution in [0.2, 0.25) is 0 Å². The number of para-hydroxylation sites is 1. The monoisotopic (exact) mass is 433 g/mol. The molecule has 1 spiro atoms. The zero-order valence-electron chi connectivity index (χ0n) is 18.0. The molecule has 0 bridgehead atoms. The smallest absolute Gasteiger partial charge is 0.325 e. The summed E-state index contributed by atoms with van der Waals surface area (Å²) in [6, 6.07) is 17.1. The number of ether oxygens (including phenoxy) is 1. The Bertz CT molecular complexity index is 1030. The number of imide groups is 1. The van der Waals surface area contributed by atoms with Gasteiger partial charge >= 0.3 is 6.03 Å². The van der Waals surface area contributed by atoms with Crippen LogP contribution in [0, 0.1) is 5.92 Å². The second kappa shape index (κ2) is 8.30. The summed E-state index contributed by atoms with van der Waals surface area (Å²) >= 11 is 0. The van der Waals surface area contributed by atoms with Crippen LogP contribution in [0.15, 0.2) is 54.6 Å². The standard InChI is InChI=1S/C25H27N3O4/c29-22(27-13-10-19(11-14-27)16-18-6-2-1-3-7-18)17-28-23(30)25(26-24(28)31)12-15-32-21-9-5-4-8-20(21)25/h1-9,19H,10-17H2,(H,26,31)/t25-/m1/s1. The van der Waals surface area contributed by atoms with E-state index in [4.69, 9.17) is 4.74 Å². The number of carbonyl (C=O) groups is 3. The van der Waals surface area contributed by atoms with E-state index in [0.717, 1.165) is 24.2 Å². The Balaban J connectivity index is 1.22. The maximum absolute atomic E-state index is 13.3. The fraction of sp³-hybridized carbons (Fsp3) is 0.400. The van der Waals surface area contributed by atoms with Crippen LogP contribution in [0.3, 0.4) is 0 Å². The average molecular weight is 434 g/mol. The molecule has 0 aromatic heterocycles. The van der Waals surface area contributed by atoms with Gasteiger partial charge in [0.2, 0.25) is 5.91 Å². The summed E-state index contributed by atoms with van der Waals surface area (Å²) in [5.74, 6) is 0.593. The molecule has 7 nitrogen and oxygen atoms in total.